The van der Waals surface area contributed by atoms with Crippen molar-refractivity contribution in [3.63, 3.8) is 0 Å². The summed E-state index contributed by atoms with van der Waals surface area (Å²) in [4.78, 5) is 30.1. The van der Waals surface area contributed by atoms with Gasteiger partial charge in [0.25, 0.3) is 11.7 Å². The quantitative estimate of drug-likeness (QED) is 0.207. The summed E-state index contributed by atoms with van der Waals surface area (Å²) >= 11 is 0. The fourth-order valence-electron chi connectivity index (χ4n) is 4.87. The molecule has 0 spiro atoms. The maximum atomic E-state index is 13.3. The van der Waals surface area contributed by atoms with Crippen LogP contribution in [0.3, 0.4) is 0 Å². The van der Waals surface area contributed by atoms with Crippen molar-refractivity contribution in [1.82, 2.24) is 9.80 Å². The number of amides is 1. The molecule has 210 valence electrons. The van der Waals surface area contributed by atoms with Crippen molar-refractivity contribution in [3.8, 4) is 17.2 Å². The zero-order valence-corrected chi connectivity index (χ0v) is 23.6. The average Bonchev–Trinajstić information content (AvgIpc) is 3.20. The summed E-state index contributed by atoms with van der Waals surface area (Å²) in [5.41, 5.74) is 3.30. The SMILES string of the molecule is COc1ccc(C2/C(=C(\O)c3ccc(OCc4cccc(C)c4)cc3)C(=O)C(=O)N2CCCN(C)C)cc1OC. The number of aliphatic hydroxyl groups excluding tert-OH is 1. The lowest BCUT2D eigenvalue weighted by molar-refractivity contribution is -0.139. The van der Waals surface area contributed by atoms with Crippen LogP contribution in [0.15, 0.2) is 72.3 Å². The second kappa shape index (κ2) is 12.7. The standard InChI is InChI=1S/C32H36N2O6/c1-21-8-6-9-22(18-21)20-40-25-13-10-23(11-14-25)30(35)28-29(24-12-15-26(38-4)27(19-24)39-5)34(32(37)31(28)36)17-7-16-33(2)3/h6,8-15,18-19,29,35H,7,16-17,20H2,1-5H3/b30-28+. The van der Waals surface area contributed by atoms with Gasteiger partial charge in [0.1, 0.15) is 18.1 Å². The van der Waals surface area contributed by atoms with Crippen molar-refractivity contribution in [2.45, 2.75) is 26.0 Å². The zero-order chi connectivity index (χ0) is 28.8. The first-order chi connectivity index (χ1) is 19.2. The van der Waals surface area contributed by atoms with Crippen molar-refractivity contribution in [3.05, 3.63) is 94.6 Å². The molecule has 40 heavy (non-hydrogen) atoms. The van der Waals surface area contributed by atoms with Gasteiger partial charge >= 0.3 is 0 Å². The van der Waals surface area contributed by atoms with Crippen LogP contribution < -0.4 is 14.2 Å². The number of ether oxygens (including phenoxy) is 3. The molecule has 1 aliphatic rings. The van der Waals surface area contributed by atoms with E-state index in [1.54, 1.807) is 49.6 Å². The Morgan fingerprint density at radius 3 is 2.33 bits per heavy atom. The van der Waals surface area contributed by atoms with Gasteiger partial charge in [-0.2, -0.15) is 0 Å². The Morgan fingerprint density at radius 2 is 1.68 bits per heavy atom. The molecule has 8 heteroatoms. The number of hydrogen-bond acceptors (Lipinski definition) is 7. The maximum Gasteiger partial charge on any atom is 0.295 e. The predicted octanol–water partition coefficient (Wildman–Crippen LogP) is 4.96. The molecule has 0 saturated carbocycles. The highest BCUT2D eigenvalue weighted by atomic mass is 16.5. The number of hydrogen-bond donors (Lipinski definition) is 1. The lowest BCUT2D eigenvalue weighted by Crippen LogP contribution is -2.32. The normalized spacial score (nSPS) is 16.4. The van der Waals surface area contributed by atoms with Crippen LogP contribution >= 0.6 is 0 Å². The zero-order valence-electron chi connectivity index (χ0n) is 23.6. The molecule has 1 atom stereocenters. The summed E-state index contributed by atoms with van der Waals surface area (Å²) in [6.07, 6.45) is 0.664. The van der Waals surface area contributed by atoms with E-state index in [0.717, 1.165) is 17.7 Å². The Bertz CT molecular complexity index is 1400. The molecule has 0 aromatic heterocycles. The lowest BCUT2D eigenvalue weighted by Gasteiger charge is -2.26. The number of rotatable bonds is 11. The van der Waals surface area contributed by atoms with Crippen LogP contribution in [0, 0.1) is 6.92 Å². The molecule has 1 N–H and O–H groups in total. The van der Waals surface area contributed by atoms with Crippen LogP contribution in [0.4, 0.5) is 0 Å². The van der Waals surface area contributed by atoms with E-state index in [0.29, 0.717) is 47.9 Å². The van der Waals surface area contributed by atoms with Gasteiger partial charge in [-0.15, -0.1) is 0 Å². The van der Waals surface area contributed by atoms with Crippen LogP contribution in [0.2, 0.25) is 0 Å². The number of aryl methyl sites for hydroxylation is 1. The van der Waals surface area contributed by atoms with Gasteiger partial charge in [-0.1, -0.05) is 35.9 Å². The van der Waals surface area contributed by atoms with E-state index in [2.05, 4.69) is 6.07 Å². The molecule has 1 aliphatic heterocycles. The third-order valence-corrected chi connectivity index (χ3v) is 6.88. The third-order valence-electron chi connectivity index (χ3n) is 6.88. The second-order valence-electron chi connectivity index (χ2n) is 10.1. The van der Waals surface area contributed by atoms with E-state index in [1.807, 2.05) is 44.1 Å². The molecule has 1 fully saturated rings. The van der Waals surface area contributed by atoms with Crippen LogP contribution in [-0.2, 0) is 16.2 Å². The third kappa shape index (κ3) is 6.29. The predicted molar refractivity (Wildman–Crippen MR) is 154 cm³/mol. The van der Waals surface area contributed by atoms with E-state index in [-0.39, 0.29) is 11.3 Å². The largest absolute Gasteiger partial charge is 0.507 e. The number of ketones is 1. The van der Waals surface area contributed by atoms with Gasteiger partial charge in [0.15, 0.2) is 11.5 Å². The molecule has 0 bridgehead atoms. The molecule has 8 nitrogen and oxygen atoms in total. The molecule has 4 rings (SSSR count). The van der Waals surface area contributed by atoms with Gasteiger partial charge in [0.2, 0.25) is 0 Å². The summed E-state index contributed by atoms with van der Waals surface area (Å²) in [7, 11) is 6.97. The lowest BCUT2D eigenvalue weighted by atomic mass is 9.95. The first-order valence-electron chi connectivity index (χ1n) is 13.2. The van der Waals surface area contributed by atoms with Gasteiger partial charge in [-0.05, 0) is 81.5 Å². The minimum absolute atomic E-state index is 0.0375. The van der Waals surface area contributed by atoms with Crippen LogP contribution in [0.1, 0.15) is 34.7 Å². The molecule has 0 aliphatic carbocycles. The van der Waals surface area contributed by atoms with E-state index >= 15 is 0 Å². The summed E-state index contributed by atoms with van der Waals surface area (Å²) in [5.74, 6) is 0.0169. The van der Waals surface area contributed by atoms with Crippen molar-refractivity contribution in [1.29, 1.82) is 0 Å². The van der Waals surface area contributed by atoms with E-state index in [4.69, 9.17) is 14.2 Å². The Kier molecular flexibility index (Phi) is 9.11. The average molecular weight is 545 g/mol. The first kappa shape index (κ1) is 28.7. The Morgan fingerprint density at radius 1 is 0.950 bits per heavy atom. The number of carbonyl (C=O) groups is 2. The number of carbonyl (C=O) groups excluding carboxylic acids is 2. The number of benzene rings is 3. The van der Waals surface area contributed by atoms with Crippen LogP contribution in [0.25, 0.3) is 5.76 Å². The van der Waals surface area contributed by atoms with Crippen LogP contribution in [-0.4, -0.2) is 68.0 Å². The van der Waals surface area contributed by atoms with Gasteiger partial charge in [0, 0.05) is 12.1 Å². The van der Waals surface area contributed by atoms with Gasteiger partial charge in [0.05, 0.1) is 25.8 Å². The van der Waals surface area contributed by atoms with Crippen molar-refractivity contribution in [2.24, 2.45) is 0 Å². The van der Waals surface area contributed by atoms with Crippen molar-refractivity contribution in [2.75, 3.05) is 41.4 Å². The topological polar surface area (TPSA) is 88.5 Å². The molecular weight excluding hydrogens is 508 g/mol. The van der Waals surface area contributed by atoms with Crippen molar-refractivity contribution < 1.29 is 28.9 Å². The molecule has 3 aromatic rings. The number of Topliss-reactive ketones (excluding diaryl/α,β-unsaturated/α-hetero) is 1. The van der Waals surface area contributed by atoms with Gasteiger partial charge in [-0.25, -0.2) is 0 Å². The van der Waals surface area contributed by atoms with E-state index < -0.39 is 17.7 Å². The second-order valence-corrected chi connectivity index (χ2v) is 10.1. The highest BCUT2D eigenvalue weighted by Crippen LogP contribution is 2.42. The molecular formula is C32H36N2O6. The summed E-state index contributed by atoms with van der Waals surface area (Å²) in [6.45, 7) is 3.53. The Balaban J connectivity index is 1.67. The summed E-state index contributed by atoms with van der Waals surface area (Å²) < 4.78 is 16.8. The summed E-state index contributed by atoms with van der Waals surface area (Å²) in [6, 6.07) is 19.4. The fourth-order valence-corrected chi connectivity index (χ4v) is 4.87. The Hall–Kier alpha value is -4.30. The summed E-state index contributed by atoms with van der Waals surface area (Å²) in [5, 5.41) is 11.4. The highest BCUT2D eigenvalue weighted by molar-refractivity contribution is 6.46. The van der Waals surface area contributed by atoms with E-state index in [9.17, 15) is 14.7 Å². The molecule has 1 saturated heterocycles. The minimum atomic E-state index is -0.779. The van der Waals surface area contributed by atoms with Gasteiger partial charge in [-0.3, -0.25) is 9.59 Å². The number of aliphatic hydroxyl groups is 1. The van der Waals surface area contributed by atoms with Crippen LogP contribution in [0.5, 0.6) is 17.2 Å². The minimum Gasteiger partial charge on any atom is -0.507 e. The van der Waals surface area contributed by atoms with Gasteiger partial charge < -0.3 is 29.1 Å². The maximum absolute atomic E-state index is 13.3. The monoisotopic (exact) mass is 544 g/mol. The smallest absolute Gasteiger partial charge is 0.295 e. The molecule has 1 amide bonds. The fraction of sp³-hybridized carbons (Fsp3) is 0.312. The number of methoxy groups -OCH3 is 2. The highest BCUT2D eigenvalue weighted by Gasteiger charge is 2.46. The molecule has 3 aromatic carbocycles. The number of nitrogens with zero attached hydrogens (tertiary/aromatic N) is 2. The van der Waals surface area contributed by atoms with E-state index in [1.165, 1.54) is 12.0 Å². The first-order valence-corrected chi connectivity index (χ1v) is 13.2. The van der Waals surface area contributed by atoms with Crippen molar-refractivity contribution >= 4 is 17.4 Å². The number of likely N-dealkylation sites (tertiary alicyclic amines) is 1. The molecule has 1 unspecified atom stereocenters. The molecule has 0 radical (unpaired) electrons. The Labute approximate surface area is 235 Å². The molecule has 1 heterocycles.